The third-order valence-electron chi connectivity index (χ3n) is 6.19. The van der Waals surface area contributed by atoms with Crippen LogP contribution < -0.4 is 14.8 Å². The van der Waals surface area contributed by atoms with Gasteiger partial charge in [0.05, 0.1) is 10.7 Å². The molecule has 0 aliphatic heterocycles. The zero-order valence-electron chi connectivity index (χ0n) is 20.6. The van der Waals surface area contributed by atoms with E-state index in [2.05, 4.69) is 46.1 Å². The van der Waals surface area contributed by atoms with E-state index in [4.69, 9.17) is 9.47 Å². The van der Waals surface area contributed by atoms with Crippen LogP contribution in [0.5, 0.6) is 11.5 Å². The second-order valence-electron chi connectivity index (χ2n) is 8.65. The van der Waals surface area contributed by atoms with Crippen LogP contribution in [0.2, 0.25) is 0 Å². The molecule has 0 aliphatic carbocycles. The number of nitrogens with zero attached hydrogens (tertiary/aromatic N) is 1. The van der Waals surface area contributed by atoms with Gasteiger partial charge in [0.15, 0.2) is 11.5 Å². The van der Waals surface area contributed by atoms with Gasteiger partial charge in [-0.1, -0.05) is 72.8 Å². The van der Waals surface area contributed by atoms with Gasteiger partial charge in [-0.05, 0) is 85.6 Å². The maximum atomic E-state index is 12.9. The lowest BCUT2D eigenvalue weighted by Crippen LogP contribution is -2.13. The molecule has 0 saturated heterocycles. The van der Waals surface area contributed by atoms with Gasteiger partial charge in [0.25, 0.3) is 5.91 Å². The fourth-order valence-corrected chi connectivity index (χ4v) is 5.09. The smallest absolute Gasteiger partial charge is 0.266 e. The van der Waals surface area contributed by atoms with Crippen molar-refractivity contribution in [1.29, 1.82) is 5.26 Å². The van der Waals surface area contributed by atoms with E-state index < -0.39 is 5.91 Å². The predicted octanol–water partition coefficient (Wildman–Crippen LogP) is 7.73. The Hall–Kier alpha value is -4.35. The third kappa shape index (κ3) is 5.48. The van der Waals surface area contributed by atoms with Crippen molar-refractivity contribution in [3.63, 3.8) is 0 Å². The van der Waals surface area contributed by atoms with Crippen LogP contribution in [0.25, 0.3) is 27.6 Å². The Morgan fingerprint density at radius 3 is 2.45 bits per heavy atom. The summed E-state index contributed by atoms with van der Waals surface area (Å²) in [5.74, 6) is 0.654. The first-order valence-electron chi connectivity index (χ1n) is 11.9. The molecule has 186 valence electrons. The van der Waals surface area contributed by atoms with Crippen LogP contribution in [0.1, 0.15) is 11.1 Å². The largest absolute Gasteiger partial charge is 0.493 e. The summed E-state index contributed by atoms with van der Waals surface area (Å²) >= 11 is 2.18. The molecule has 1 amide bonds. The molecule has 5 aromatic rings. The number of methoxy groups -OCH3 is 1. The molecule has 0 heterocycles. The lowest BCUT2D eigenvalue weighted by molar-refractivity contribution is -0.112. The van der Waals surface area contributed by atoms with Crippen LogP contribution in [-0.4, -0.2) is 13.0 Å². The number of carbonyl (C=O) groups is 1. The van der Waals surface area contributed by atoms with Gasteiger partial charge in [0.1, 0.15) is 18.2 Å². The molecule has 0 saturated carbocycles. The molecule has 0 spiro atoms. The monoisotopic (exact) mass is 610 g/mol. The second kappa shape index (κ2) is 11.4. The van der Waals surface area contributed by atoms with Crippen LogP contribution >= 0.6 is 22.6 Å². The molecule has 5 aromatic carbocycles. The molecule has 38 heavy (non-hydrogen) atoms. The summed E-state index contributed by atoms with van der Waals surface area (Å²) in [6.45, 7) is 0.376. The summed E-state index contributed by atoms with van der Waals surface area (Å²) in [6.07, 6.45) is 1.55. The van der Waals surface area contributed by atoms with Crippen molar-refractivity contribution in [2.45, 2.75) is 6.61 Å². The quantitative estimate of drug-likeness (QED) is 0.116. The normalized spacial score (nSPS) is 11.2. The summed E-state index contributed by atoms with van der Waals surface area (Å²) in [6, 6.07) is 33.5. The number of hydrogen-bond donors (Lipinski definition) is 1. The van der Waals surface area contributed by atoms with Gasteiger partial charge < -0.3 is 14.8 Å². The molecule has 0 atom stereocenters. The number of hydrogen-bond acceptors (Lipinski definition) is 4. The maximum absolute atomic E-state index is 12.9. The van der Waals surface area contributed by atoms with Gasteiger partial charge >= 0.3 is 0 Å². The first-order valence-corrected chi connectivity index (χ1v) is 13.0. The molecule has 1 N–H and O–H groups in total. The van der Waals surface area contributed by atoms with Gasteiger partial charge in [-0.15, -0.1) is 0 Å². The zero-order valence-corrected chi connectivity index (χ0v) is 22.7. The SMILES string of the molecule is COc1cc(/C=C(\C#N)C(=O)Nc2ccc3ccccc3c2)cc(I)c1OCc1cccc2ccccc12. The average molecular weight is 610 g/mol. The van der Waals surface area contributed by atoms with Gasteiger partial charge in [0.2, 0.25) is 0 Å². The van der Waals surface area contributed by atoms with E-state index in [1.165, 1.54) is 0 Å². The van der Waals surface area contributed by atoms with Crippen molar-refractivity contribution in [3.05, 3.63) is 117 Å². The molecule has 6 heteroatoms. The summed E-state index contributed by atoms with van der Waals surface area (Å²) in [5, 5.41) is 16.9. The number of anilines is 1. The molecule has 0 fully saturated rings. The molecular weight excluding hydrogens is 587 g/mol. The molecule has 5 rings (SSSR count). The van der Waals surface area contributed by atoms with E-state index in [9.17, 15) is 10.1 Å². The highest BCUT2D eigenvalue weighted by Gasteiger charge is 2.15. The number of nitriles is 1. The van der Waals surface area contributed by atoms with E-state index in [-0.39, 0.29) is 5.57 Å². The minimum Gasteiger partial charge on any atom is -0.493 e. The molecule has 0 aliphatic rings. The number of carbonyl (C=O) groups excluding carboxylic acids is 1. The van der Waals surface area contributed by atoms with Crippen LogP contribution in [0.3, 0.4) is 0 Å². The zero-order chi connectivity index (χ0) is 26.5. The number of fused-ring (bicyclic) bond motifs is 2. The van der Waals surface area contributed by atoms with Crippen molar-refractivity contribution < 1.29 is 14.3 Å². The van der Waals surface area contributed by atoms with Crippen molar-refractivity contribution in [3.8, 4) is 17.6 Å². The van der Waals surface area contributed by atoms with Crippen LogP contribution in [-0.2, 0) is 11.4 Å². The van der Waals surface area contributed by atoms with Gasteiger partial charge in [-0.2, -0.15) is 5.26 Å². The van der Waals surface area contributed by atoms with Crippen molar-refractivity contribution in [1.82, 2.24) is 0 Å². The second-order valence-corrected chi connectivity index (χ2v) is 9.81. The van der Waals surface area contributed by atoms with Gasteiger partial charge in [0, 0.05) is 5.69 Å². The highest BCUT2D eigenvalue weighted by Crippen LogP contribution is 2.36. The maximum Gasteiger partial charge on any atom is 0.266 e. The Morgan fingerprint density at radius 2 is 1.66 bits per heavy atom. The fourth-order valence-electron chi connectivity index (χ4n) is 4.31. The molecular formula is C32H23IN2O3. The first-order chi connectivity index (χ1) is 18.6. The Kier molecular flexibility index (Phi) is 7.57. The van der Waals surface area contributed by atoms with Crippen LogP contribution in [0.4, 0.5) is 5.69 Å². The lowest BCUT2D eigenvalue weighted by atomic mass is 10.1. The summed E-state index contributed by atoms with van der Waals surface area (Å²) < 4.78 is 12.6. The van der Waals surface area contributed by atoms with E-state index in [0.717, 1.165) is 30.7 Å². The van der Waals surface area contributed by atoms with E-state index >= 15 is 0 Å². The Morgan fingerprint density at radius 1 is 0.921 bits per heavy atom. The van der Waals surface area contributed by atoms with Crippen molar-refractivity contribution in [2.75, 3.05) is 12.4 Å². The van der Waals surface area contributed by atoms with Crippen LogP contribution in [0.15, 0.2) is 103 Å². The topological polar surface area (TPSA) is 71.3 Å². The Bertz CT molecular complexity index is 1730. The van der Waals surface area contributed by atoms with E-state index in [1.807, 2.05) is 78.9 Å². The number of nitrogens with one attached hydrogen (secondary N) is 1. The highest BCUT2D eigenvalue weighted by atomic mass is 127. The molecule has 0 unspecified atom stereocenters. The molecule has 0 aromatic heterocycles. The van der Waals surface area contributed by atoms with Gasteiger partial charge in [-0.3, -0.25) is 4.79 Å². The third-order valence-corrected chi connectivity index (χ3v) is 6.99. The van der Waals surface area contributed by atoms with E-state index in [1.54, 1.807) is 19.3 Å². The molecule has 0 radical (unpaired) electrons. The first kappa shape index (κ1) is 25.3. The summed E-state index contributed by atoms with van der Waals surface area (Å²) in [5.41, 5.74) is 2.34. The minimum absolute atomic E-state index is 0.0135. The van der Waals surface area contributed by atoms with E-state index in [0.29, 0.717) is 29.4 Å². The predicted molar refractivity (Wildman–Crippen MR) is 160 cm³/mol. The van der Waals surface area contributed by atoms with Crippen molar-refractivity contribution in [2.24, 2.45) is 0 Å². The summed E-state index contributed by atoms with van der Waals surface area (Å²) in [4.78, 5) is 12.9. The number of ether oxygens (including phenoxy) is 2. The fraction of sp³-hybridized carbons (Fsp3) is 0.0625. The number of halogens is 1. The minimum atomic E-state index is -0.479. The van der Waals surface area contributed by atoms with Crippen molar-refractivity contribution >= 4 is 61.8 Å². The lowest BCUT2D eigenvalue weighted by Gasteiger charge is -2.15. The molecule has 0 bridgehead atoms. The van der Waals surface area contributed by atoms with Crippen LogP contribution in [0, 0.1) is 14.9 Å². The molecule has 5 nitrogen and oxygen atoms in total. The summed E-state index contributed by atoms with van der Waals surface area (Å²) in [7, 11) is 1.57. The van der Waals surface area contributed by atoms with Gasteiger partial charge in [-0.25, -0.2) is 0 Å². The Labute approximate surface area is 234 Å². The number of benzene rings is 5. The average Bonchev–Trinajstić information content (AvgIpc) is 2.95. The standard InChI is InChI=1S/C32H23IN2O3/c1-37-30-17-21(15-26(19-34)32(36)35-27-14-13-22-7-2-3-9-24(22)18-27)16-29(33)31(30)38-20-25-11-6-10-23-8-4-5-12-28(23)25/h2-18H,20H2,1H3,(H,35,36)/b26-15+. The highest BCUT2D eigenvalue weighted by molar-refractivity contribution is 14.1. The number of rotatable bonds is 7. The number of amides is 1. The Balaban J connectivity index is 1.37.